The van der Waals surface area contributed by atoms with Crippen LogP contribution in [0.1, 0.15) is 37.9 Å². The van der Waals surface area contributed by atoms with Gasteiger partial charge in [-0.05, 0) is 44.4 Å². The fourth-order valence-electron chi connectivity index (χ4n) is 2.10. The van der Waals surface area contributed by atoms with Crippen LogP contribution in [-0.2, 0) is 4.74 Å². The van der Waals surface area contributed by atoms with Crippen molar-refractivity contribution in [2.75, 3.05) is 13.2 Å². The normalized spacial score (nSPS) is 21.6. The van der Waals surface area contributed by atoms with Gasteiger partial charge >= 0.3 is 0 Å². The molecule has 0 saturated carbocycles. The van der Waals surface area contributed by atoms with Crippen LogP contribution in [0.25, 0.3) is 0 Å². The van der Waals surface area contributed by atoms with Crippen molar-refractivity contribution < 1.29 is 14.6 Å². The summed E-state index contributed by atoms with van der Waals surface area (Å²) in [6.45, 7) is 3.13. The molecule has 1 saturated heterocycles. The summed E-state index contributed by atoms with van der Waals surface area (Å²) in [5, 5.41) is 9.73. The Labute approximate surface area is 116 Å². The third-order valence-corrected chi connectivity index (χ3v) is 3.61. The molecule has 1 heterocycles. The molecule has 1 aromatic rings. The average molecular weight is 315 g/mol. The molecule has 0 aromatic heterocycles. The summed E-state index contributed by atoms with van der Waals surface area (Å²) < 4.78 is 12.4. The number of aliphatic hydroxyl groups excluding tert-OH is 1. The van der Waals surface area contributed by atoms with E-state index < -0.39 is 6.10 Å². The lowest BCUT2D eigenvalue weighted by molar-refractivity contribution is -0.0116. The van der Waals surface area contributed by atoms with Gasteiger partial charge in [0.05, 0.1) is 12.2 Å². The van der Waals surface area contributed by atoms with Crippen molar-refractivity contribution in [2.24, 2.45) is 0 Å². The van der Waals surface area contributed by atoms with Gasteiger partial charge in [-0.15, -0.1) is 0 Å². The van der Waals surface area contributed by atoms with E-state index in [1.165, 1.54) is 6.42 Å². The standard InChI is InChI=1S/C14H19BrO3/c1-10(16)13-8-11(15)5-6-14(13)18-9-12-4-2-3-7-17-12/h5-6,8,10,12,16H,2-4,7,9H2,1H3. The summed E-state index contributed by atoms with van der Waals surface area (Å²) in [5.41, 5.74) is 0.806. The van der Waals surface area contributed by atoms with Crippen LogP contribution in [-0.4, -0.2) is 24.4 Å². The predicted octanol–water partition coefficient (Wildman–Crippen LogP) is 3.45. The molecule has 100 valence electrons. The third-order valence-electron chi connectivity index (χ3n) is 3.12. The van der Waals surface area contributed by atoms with Crippen LogP contribution < -0.4 is 4.74 Å². The van der Waals surface area contributed by atoms with Gasteiger partial charge in [0.2, 0.25) is 0 Å². The number of benzene rings is 1. The van der Waals surface area contributed by atoms with Crippen molar-refractivity contribution in [1.29, 1.82) is 0 Å². The molecule has 2 atom stereocenters. The minimum atomic E-state index is -0.537. The Bertz CT molecular complexity index is 387. The zero-order valence-corrected chi connectivity index (χ0v) is 12.1. The Morgan fingerprint density at radius 2 is 2.33 bits per heavy atom. The molecular formula is C14H19BrO3. The van der Waals surface area contributed by atoms with E-state index in [1.807, 2.05) is 18.2 Å². The Balaban J connectivity index is 1.99. The molecular weight excluding hydrogens is 296 g/mol. The number of hydrogen-bond donors (Lipinski definition) is 1. The van der Waals surface area contributed by atoms with Crippen LogP contribution in [0.15, 0.2) is 22.7 Å². The Morgan fingerprint density at radius 1 is 1.50 bits per heavy atom. The molecule has 0 aliphatic carbocycles. The molecule has 2 unspecified atom stereocenters. The van der Waals surface area contributed by atoms with Gasteiger partial charge in [0, 0.05) is 16.6 Å². The van der Waals surface area contributed by atoms with E-state index in [1.54, 1.807) is 6.92 Å². The lowest BCUT2D eigenvalue weighted by Crippen LogP contribution is -2.26. The average Bonchev–Trinajstić information content (AvgIpc) is 2.38. The van der Waals surface area contributed by atoms with Crippen molar-refractivity contribution in [3.63, 3.8) is 0 Å². The van der Waals surface area contributed by atoms with E-state index in [0.717, 1.165) is 35.2 Å². The summed E-state index contributed by atoms with van der Waals surface area (Å²) in [4.78, 5) is 0. The monoisotopic (exact) mass is 314 g/mol. The van der Waals surface area contributed by atoms with Gasteiger partial charge in [0.1, 0.15) is 12.4 Å². The molecule has 3 nitrogen and oxygen atoms in total. The Hall–Kier alpha value is -0.580. The zero-order valence-electron chi connectivity index (χ0n) is 10.6. The summed E-state index contributed by atoms with van der Waals surface area (Å²) in [7, 11) is 0. The smallest absolute Gasteiger partial charge is 0.125 e. The SMILES string of the molecule is CC(O)c1cc(Br)ccc1OCC1CCCCO1. The molecule has 0 spiro atoms. The van der Waals surface area contributed by atoms with Crippen molar-refractivity contribution in [3.8, 4) is 5.75 Å². The maximum atomic E-state index is 9.73. The maximum absolute atomic E-state index is 9.73. The van der Waals surface area contributed by atoms with Gasteiger partial charge in [0.15, 0.2) is 0 Å². The molecule has 1 fully saturated rings. The van der Waals surface area contributed by atoms with Crippen molar-refractivity contribution in [3.05, 3.63) is 28.2 Å². The minimum absolute atomic E-state index is 0.184. The third kappa shape index (κ3) is 3.70. The lowest BCUT2D eigenvalue weighted by atomic mass is 10.1. The second-order valence-corrected chi connectivity index (χ2v) is 5.57. The van der Waals surface area contributed by atoms with Gasteiger partial charge in [-0.25, -0.2) is 0 Å². The summed E-state index contributed by atoms with van der Waals surface area (Å²) >= 11 is 3.40. The summed E-state index contributed by atoms with van der Waals surface area (Å²) in [6, 6.07) is 5.69. The molecule has 1 aliphatic heterocycles. The van der Waals surface area contributed by atoms with E-state index in [-0.39, 0.29) is 6.10 Å². The number of rotatable bonds is 4. The largest absolute Gasteiger partial charge is 0.490 e. The quantitative estimate of drug-likeness (QED) is 0.925. The number of ether oxygens (including phenoxy) is 2. The van der Waals surface area contributed by atoms with E-state index in [4.69, 9.17) is 9.47 Å². The second-order valence-electron chi connectivity index (χ2n) is 4.66. The molecule has 1 aliphatic rings. The van der Waals surface area contributed by atoms with Gasteiger partial charge in [-0.3, -0.25) is 0 Å². The molecule has 1 aromatic carbocycles. The molecule has 0 amide bonds. The number of aliphatic hydroxyl groups is 1. The highest BCUT2D eigenvalue weighted by Crippen LogP contribution is 2.29. The van der Waals surface area contributed by atoms with E-state index >= 15 is 0 Å². The molecule has 0 bridgehead atoms. The van der Waals surface area contributed by atoms with E-state index in [9.17, 15) is 5.11 Å². The van der Waals surface area contributed by atoms with Crippen LogP contribution in [0, 0.1) is 0 Å². The first-order valence-corrected chi connectivity index (χ1v) is 7.18. The first-order chi connectivity index (χ1) is 8.66. The lowest BCUT2D eigenvalue weighted by Gasteiger charge is -2.23. The second kappa shape index (κ2) is 6.55. The molecule has 1 N–H and O–H groups in total. The number of hydrogen-bond acceptors (Lipinski definition) is 3. The van der Waals surface area contributed by atoms with Crippen molar-refractivity contribution >= 4 is 15.9 Å². The molecule has 4 heteroatoms. The van der Waals surface area contributed by atoms with Gasteiger partial charge in [-0.1, -0.05) is 15.9 Å². The first-order valence-electron chi connectivity index (χ1n) is 6.38. The highest BCUT2D eigenvalue weighted by atomic mass is 79.9. The van der Waals surface area contributed by atoms with Crippen molar-refractivity contribution in [1.82, 2.24) is 0 Å². The van der Waals surface area contributed by atoms with Gasteiger partial charge in [0.25, 0.3) is 0 Å². The van der Waals surface area contributed by atoms with Crippen LogP contribution in [0.2, 0.25) is 0 Å². The Kier molecular flexibility index (Phi) is 5.03. The fourth-order valence-corrected chi connectivity index (χ4v) is 2.48. The molecule has 0 radical (unpaired) electrons. The van der Waals surface area contributed by atoms with Gasteiger partial charge < -0.3 is 14.6 Å². The van der Waals surface area contributed by atoms with Crippen LogP contribution >= 0.6 is 15.9 Å². The Morgan fingerprint density at radius 3 is 3.00 bits per heavy atom. The zero-order chi connectivity index (χ0) is 13.0. The maximum Gasteiger partial charge on any atom is 0.125 e. The van der Waals surface area contributed by atoms with Crippen molar-refractivity contribution in [2.45, 2.75) is 38.4 Å². The highest BCUT2D eigenvalue weighted by molar-refractivity contribution is 9.10. The van der Waals surface area contributed by atoms with E-state index in [2.05, 4.69) is 15.9 Å². The fraction of sp³-hybridized carbons (Fsp3) is 0.571. The van der Waals surface area contributed by atoms with Gasteiger partial charge in [-0.2, -0.15) is 0 Å². The number of halogens is 1. The van der Waals surface area contributed by atoms with Crippen LogP contribution in [0.4, 0.5) is 0 Å². The summed E-state index contributed by atoms with van der Waals surface area (Å²) in [6.07, 6.45) is 3.06. The first kappa shape index (κ1) is 13.8. The van der Waals surface area contributed by atoms with E-state index in [0.29, 0.717) is 6.61 Å². The highest BCUT2D eigenvalue weighted by Gasteiger charge is 2.16. The predicted molar refractivity (Wildman–Crippen MR) is 73.9 cm³/mol. The van der Waals surface area contributed by atoms with Crippen LogP contribution in [0.3, 0.4) is 0 Å². The summed E-state index contributed by atoms with van der Waals surface area (Å²) in [5.74, 6) is 0.738. The topological polar surface area (TPSA) is 38.7 Å². The van der Waals surface area contributed by atoms with Crippen LogP contribution in [0.5, 0.6) is 5.75 Å². The minimum Gasteiger partial charge on any atom is -0.490 e. The molecule has 2 rings (SSSR count). The molecule has 18 heavy (non-hydrogen) atoms.